The summed E-state index contributed by atoms with van der Waals surface area (Å²) in [4.78, 5) is 16.6. The number of carbonyl (C=O) groups is 1. The van der Waals surface area contributed by atoms with E-state index in [2.05, 4.69) is 39.6 Å². The van der Waals surface area contributed by atoms with Crippen molar-refractivity contribution in [1.82, 2.24) is 15.2 Å². The van der Waals surface area contributed by atoms with Gasteiger partial charge in [-0.1, -0.05) is 37.2 Å². The molecule has 28 heavy (non-hydrogen) atoms. The summed E-state index contributed by atoms with van der Waals surface area (Å²) in [6.07, 6.45) is 3.43. The van der Waals surface area contributed by atoms with Gasteiger partial charge in [-0.15, -0.1) is 5.10 Å². The van der Waals surface area contributed by atoms with Crippen LogP contribution < -0.4 is 10.1 Å². The second-order valence-corrected chi connectivity index (χ2v) is 7.27. The van der Waals surface area contributed by atoms with Crippen molar-refractivity contribution in [3.63, 3.8) is 0 Å². The third-order valence-corrected chi connectivity index (χ3v) is 5.06. The zero-order valence-electron chi connectivity index (χ0n) is 16.1. The lowest BCUT2D eigenvalue weighted by Gasteiger charge is -2.05. The van der Waals surface area contributed by atoms with Crippen LogP contribution in [0.4, 0.5) is 5.69 Å². The number of thioether (sulfide) groups is 1. The second kappa shape index (κ2) is 9.94. The van der Waals surface area contributed by atoms with Crippen LogP contribution in [0.5, 0.6) is 5.75 Å². The number of nitrogens with one attached hydrogen (secondary N) is 2. The van der Waals surface area contributed by atoms with E-state index in [1.165, 1.54) is 30.2 Å². The normalized spacial score (nSPS) is 10.6. The fourth-order valence-electron chi connectivity index (χ4n) is 2.65. The molecule has 0 radical (unpaired) electrons. The number of hydrogen-bond donors (Lipinski definition) is 2. The number of H-pyrrole nitrogens is 1. The number of aromatic amines is 1. The van der Waals surface area contributed by atoms with Crippen LogP contribution in [0.1, 0.15) is 25.3 Å². The van der Waals surface area contributed by atoms with Gasteiger partial charge in [-0.3, -0.25) is 9.89 Å². The van der Waals surface area contributed by atoms with Crippen molar-refractivity contribution in [2.24, 2.45) is 0 Å². The van der Waals surface area contributed by atoms with Crippen LogP contribution in [-0.2, 0) is 11.2 Å². The van der Waals surface area contributed by atoms with Gasteiger partial charge in [0.25, 0.3) is 0 Å². The van der Waals surface area contributed by atoms with Gasteiger partial charge >= 0.3 is 0 Å². The van der Waals surface area contributed by atoms with Crippen molar-refractivity contribution in [2.75, 3.05) is 18.2 Å². The van der Waals surface area contributed by atoms with Gasteiger partial charge in [-0.05, 0) is 54.8 Å². The molecule has 146 valence electrons. The number of carbonyl (C=O) groups excluding carboxylic acids is 1. The highest BCUT2D eigenvalue weighted by atomic mass is 32.2. The summed E-state index contributed by atoms with van der Waals surface area (Å²) in [6.45, 7) is 2.18. The minimum absolute atomic E-state index is 0.0814. The molecule has 0 aliphatic heterocycles. The molecule has 3 aromatic rings. The molecule has 2 N–H and O–H groups in total. The van der Waals surface area contributed by atoms with E-state index in [9.17, 15) is 4.79 Å². The standard InChI is InChI=1S/C21H24N4O2S/c1-3-4-5-15-6-10-17(11-7-15)22-19(26)14-28-21-23-20(24-25-21)16-8-12-18(27-2)13-9-16/h6-13H,3-5,14H2,1-2H3,(H,22,26)(H,23,24,25). The summed E-state index contributed by atoms with van der Waals surface area (Å²) in [5, 5.41) is 10.5. The second-order valence-electron chi connectivity index (χ2n) is 6.33. The van der Waals surface area contributed by atoms with Crippen molar-refractivity contribution in [2.45, 2.75) is 31.3 Å². The maximum Gasteiger partial charge on any atom is 0.234 e. The van der Waals surface area contributed by atoms with Crippen molar-refractivity contribution in [3.05, 3.63) is 54.1 Å². The predicted octanol–water partition coefficient (Wildman–Crippen LogP) is 4.55. The number of methoxy groups -OCH3 is 1. The highest BCUT2D eigenvalue weighted by molar-refractivity contribution is 7.99. The molecule has 0 aliphatic rings. The Morgan fingerprint density at radius 3 is 2.57 bits per heavy atom. The first-order valence-corrected chi connectivity index (χ1v) is 10.2. The Balaban J connectivity index is 1.50. The minimum Gasteiger partial charge on any atom is -0.497 e. The first-order valence-electron chi connectivity index (χ1n) is 9.26. The third-order valence-electron chi connectivity index (χ3n) is 4.22. The van der Waals surface area contributed by atoms with Crippen LogP contribution in [0.3, 0.4) is 0 Å². The van der Waals surface area contributed by atoms with Crippen LogP contribution in [0.15, 0.2) is 53.7 Å². The van der Waals surface area contributed by atoms with Crippen LogP contribution in [0, 0.1) is 0 Å². The molecule has 0 aliphatic carbocycles. The summed E-state index contributed by atoms with van der Waals surface area (Å²) in [7, 11) is 1.63. The molecule has 7 heteroatoms. The first-order chi connectivity index (χ1) is 13.7. The van der Waals surface area contributed by atoms with Crippen LogP contribution in [0.25, 0.3) is 11.4 Å². The van der Waals surface area contributed by atoms with Crippen LogP contribution in [-0.4, -0.2) is 34.0 Å². The summed E-state index contributed by atoms with van der Waals surface area (Å²) >= 11 is 1.29. The predicted molar refractivity (Wildman–Crippen MR) is 113 cm³/mol. The van der Waals surface area contributed by atoms with Crippen LogP contribution >= 0.6 is 11.8 Å². The molecule has 1 amide bonds. The van der Waals surface area contributed by atoms with E-state index in [0.29, 0.717) is 11.0 Å². The molecule has 0 saturated carbocycles. The molecule has 3 rings (SSSR count). The van der Waals surface area contributed by atoms with Gasteiger partial charge in [0.1, 0.15) is 5.75 Å². The highest BCUT2D eigenvalue weighted by Crippen LogP contribution is 2.22. The molecule has 0 fully saturated rings. The summed E-state index contributed by atoms with van der Waals surface area (Å²) in [5.74, 6) is 1.61. The highest BCUT2D eigenvalue weighted by Gasteiger charge is 2.09. The van der Waals surface area contributed by atoms with E-state index in [-0.39, 0.29) is 11.7 Å². The average molecular weight is 397 g/mol. The van der Waals surface area contributed by atoms with Crippen molar-refractivity contribution in [3.8, 4) is 17.1 Å². The Morgan fingerprint density at radius 2 is 1.89 bits per heavy atom. The number of amides is 1. The lowest BCUT2D eigenvalue weighted by Crippen LogP contribution is -2.14. The van der Waals surface area contributed by atoms with Gasteiger partial charge in [0, 0.05) is 11.3 Å². The number of unbranched alkanes of at least 4 members (excludes halogenated alkanes) is 1. The fourth-order valence-corrected chi connectivity index (χ4v) is 3.25. The number of nitrogens with zero attached hydrogens (tertiary/aromatic N) is 2. The van der Waals surface area contributed by atoms with E-state index in [1.54, 1.807) is 7.11 Å². The Kier molecular flexibility index (Phi) is 7.08. The molecule has 0 unspecified atom stereocenters. The number of anilines is 1. The fraction of sp³-hybridized carbons (Fsp3) is 0.286. The molecule has 1 heterocycles. The average Bonchev–Trinajstić information content (AvgIpc) is 3.21. The van der Waals surface area contributed by atoms with Crippen molar-refractivity contribution >= 4 is 23.4 Å². The van der Waals surface area contributed by atoms with E-state index in [1.807, 2.05) is 36.4 Å². The van der Waals surface area contributed by atoms with Gasteiger partial charge in [0.15, 0.2) is 5.82 Å². The molecule has 0 spiro atoms. The number of ether oxygens (including phenoxy) is 1. The number of hydrogen-bond acceptors (Lipinski definition) is 5. The Labute approximate surface area is 169 Å². The summed E-state index contributed by atoms with van der Waals surface area (Å²) in [5.41, 5.74) is 3.01. The Morgan fingerprint density at radius 1 is 1.14 bits per heavy atom. The smallest absolute Gasteiger partial charge is 0.234 e. The zero-order valence-corrected chi connectivity index (χ0v) is 16.9. The van der Waals surface area contributed by atoms with Gasteiger partial charge in [-0.2, -0.15) is 0 Å². The topological polar surface area (TPSA) is 79.9 Å². The molecule has 6 nitrogen and oxygen atoms in total. The van der Waals surface area contributed by atoms with Gasteiger partial charge in [0.05, 0.1) is 12.9 Å². The van der Waals surface area contributed by atoms with Gasteiger partial charge in [-0.25, -0.2) is 4.98 Å². The van der Waals surface area contributed by atoms with Gasteiger partial charge < -0.3 is 10.1 Å². The van der Waals surface area contributed by atoms with Crippen molar-refractivity contribution < 1.29 is 9.53 Å². The first kappa shape index (κ1) is 19.9. The van der Waals surface area contributed by atoms with E-state index >= 15 is 0 Å². The van der Waals surface area contributed by atoms with E-state index < -0.39 is 0 Å². The maximum atomic E-state index is 12.2. The zero-order chi connectivity index (χ0) is 19.8. The molecule has 0 saturated heterocycles. The molecular formula is C21H24N4O2S. The number of aryl methyl sites for hydroxylation is 1. The molecule has 0 bridgehead atoms. The minimum atomic E-state index is -0.0814. The lowest BCUT2D eigenvalue weighted by atomic mass is 10.1. The van der Waals surface area contributed by atoms with Crippen LogP contribution in [0.2, 0.25) is 0 Å². The number of aromatic nitrogens is 3. The monoisotopic (exact) mass is 396 g/mol. The number of rotatable bonds is 9. The Hall–Kier alpha value is -2.80. The maximum absolute atomic E-state index is 12.2. The van der Waals surface area contributed by atoms with E-state index in [0.717, 1.165) is 23.4 Å². The number of benzene rings is 2. The molecule has 2 aromatic carbocycles. The lowest BCUT2D eigenvalue weighted by molar-refractivity contribution is -0.113. The SMILES string of the molecule is CCCCc1ccc(NC(=O)CSc2n[nH]c(-c3ccc(OC)cc3)n2)cc1. The summed E-state index contributed by atoms with van der Waals surface area (Å²) in [6, 6.07) is 15.6. The van der Waals surface area contributed by atoms with Gasteiger partial charge in [0.2, 0.25) is 11.1 Å². The third kappa shape index (κ3) is 5.60. The molecular weight excluding hydrogens is 372 g/mol. The van der Waals surface area contributed by atoms with E-state index in [4.69, 9.17) is 4.74 Å². The van der Waals surface area contributed by atoms with Crippen molar-refractivity contribution in [1.29, 1.82) is 0 Å². The molecule has 1 aromatic heterocycles. The summed E-state index contributed by atoms with van der Waals surface area (Å²) < 4.78 is 5.15. The molecule has 0 atom stereocenters. The largest absolute Gasteiger partial charge is 0.497 e. The quantitative estimate of drug-likeness (QED) is 0.519. The Bertz CT molecular complexity index is 892.